The van der Waals surface area contributed by atoms with Crippen LogP contribution in [0.2, 0.25) is 0 Å². The van der Waals surface area contributed by atoms with Crippen molar-refractivity contribution < 1.29 is 4.39 Å². The van der Waals surface area contributed by atoms with E-state index in [1.807, 2.05) is 40.7 Å². The SMILES string of the molecule is CC(C)=NN1C(Cl)=Nc2cc(F)c(C(C)C)cc2C1C. The van der Waals surface area contributed by atoms with Crippen LogP contribution in [-0.4, -0.2) is 16.0 Å². The molecule has 1 unspecified atom stereocenters. The van der Waals surface area contributed by atoms with Gasteiger partial charge in [0.05, 0.1) is 11.7 Å². The van der Waals surface area contributed by atoms with Crippen molar-refractivity contribution in [2.24, 2.45) is 10.1 Å². The molecule has 1 aromatic rings. The molecule has 1 heterocycles. The van der Waals surface area contributed by atoms with Crippen LogP contribution >= 0.6 is 11.6 Å². The first-order chi connectivity index (χ1) is 9.31. The van der Waals surface area contributed by atoms with E-state index in [4.69, 9.17) is 11.6 Å². The summed E-state index contributed by atoms with van der Waals surface area (Å²) in [7, 11) is 0. The largest absolute Gasteiger partial charge is 0.231 e. The highest BCUT2D eigenvalue weighted by atomic mass is 35.5. The first-order valence-electron chi connectivity index (χ1n) is 6.69. The molecule has 0 N–H and O–H groups in total. The van der Waals surface area contributed by atoms with E-state index in [2.05, 4.69) is 10.1 Å². The highest BCUT2D eigenvalue weighted by Gasteiger charge is 2.27. The average molecular weight is 296 g/mol. The Morgan fingerprint density at radius 2 is 2.05 bits per heavy atom. The summed E-state index contributed by atoms with van der Waals surface area (Å²) in [5, 5.41) is 6.32. The zero-order chi connectivity index (χ0) is 15.0. The van der Waals surface area contributed by atoms with Crippen LogP contribution in [0.3, 0.4) is 0 Å². The summed E-state index contributed by atoms with van der Waals surface area (Å²) in [6.45, 7) is 9.74. The van der Waals surface area contributed by atoms with Gasteiger partial charge < -0.3 is 0 Å². The van der Waals surface area contributed by atoms with Gasteiger partial charge in [-0.15, -0.1) is 0 Å². The molecule has 0 bridgehead atoms. The minimum absolute atomic E-state index is 0.0667. The Balaban J connectivity index is 2.56. The van der Waals surface area contributed by atoms with E-state index in [9.17, 15) is 4.39 Å². The molecule has 0 amide bonds. The maximum Gasteiger partial charge on any atom is 0.220 e. The molecule has 108 valence electrons. The van der Waals surface area contributed by atoms with E-state index in [0.717, 1.165) is 11.3 Å². The Kier molecular flexibility index (Phi) is 4.14. The summed E-state index contributed by atoms with van der Waals surface area (Å²) in [4.78, 5) is 4.25. The quantitative estimate of drug-likeness (QED) is 0.560. The zero-order valence-electron chi connectivity index (χ0n) is 12.4. The molecule has 0 saturated heterocycles. The highest BCUT2D eigenvalue weighted by molar-refractivity contribution is 6.65. The minimum atomic E-state index is -0.234. The second-order valence-corrected chi connectivity index (χ2v) is 5.87. The molecule has 3 nitrogen and oxygen atoms in total. The number of halogens is 2. The number of amidine groups is 1. The fourth-order valence-electron chi connectivity index (χ4n) is 2.26. The van der Waals surface area contributed by atoms with Crippen LogP contribution in [0.25, 0.3) is 0 Å². The molecule has 0 radical (unpaired) electrons. The minimum Gasteiger partial charge on any atom is -0.231 e. The van der Waals surface area contributed by atoms with Crippen molar-refractivity contribution in [1.29, 1.82) is 0 Å². The fraction of sp³-hybridized carbons (Fsp3) is 0.467. The van der Waals surface area contributed by atoms with Gasteiger partial charge in [-0.25, -0.2) is 14.4 Å². The summed E-state index contributed by atoms with van der Waals surface area (Å²) in [6, 6.07) is 3.27. The normalized spacial score (nSPS) is 17.9. The Morgan fingerprint density at radius 1 is 1.40 bits per heavy atom. The Labute approximate surface area is 124 Å². The molecule has 0 saturated carbocycles. The number of hydrazone groups is 1. The predicted octanol–water partition coefficient (Wildman–Crippen LogP) is 4.95. The Morgan fingerprint density at radius 3 is 2.60 bits per heavy atom. The number of rotatable bonds is 2. The lowest BCUT2D eigenvalue weighted by Gasteiger charge is -2.30. The Bertz CT molecular complexity index is 589. The first kappa shape index (κ1) is 15.0. The van der Waals surface area contributed by atoms with Crippen molar-refractivity contribution in [3.63, 3.8) is 0 Å². The van der Waals surface area contributed by atoms with E-state index < -0.39 is 0 Å². The summed E-state index contributed by atoms with van der Waals surface area (Å²) in [5.41, 5.74) is 3.12. The van der Waals surface area contributed by atoms with Crippen LogP contribution in [0.5, 0.6) is 0 Å². The molecular formula is C15H19ClFN3. The van der Waals surface area contributed by atoms with Crippen LogP contribution in [0, 0.1) is 5.82 Å². The van der Waals surface area contributed by atoms with E-state index in [1.165, 1.54) is 6.07 Å². The molecular weight excluding hydrogens is 277 g/mol. The van der Waals surface area contributed by atoms with Crippen LogP contribution < -0.4 is 0 Å². The van der Waals surface area contributed by atoms with Gasteiger partial charge in [0.2, 0.25) is 5.29 Å². The molecule has 0 fully saturated rings. The average Bonchev–Trinajstić information content (AvgIpc) is 2.33. The molecule has 0 spiro atoms. The second-order valence-electron chi connectivity index (χ2n) is 5.54. The summed E-state index contributed by atoms with van der Waals surface area (Å²) in [5.74, 6) is -0.110. The lowest BCUT2D eigenvalue weighted by atomic mass is 9.95. The number of nitrogens with zero attached hydrogens (tertiary/aromatic N) is 3. The first-order valence-corrected chi connectivity index (χ1v) is 7.07. The number of fused-ring (bicyclic) bond motifs is 1. The lowest BCUT2D eigenvalue weighted by Crippen LogP contribution is -2.29. The highest BCUT2D eigenvalue weighted by Crippen LogP contribution is 2.38. The number of benzene rings is 1. The zero-order valence-corrected chi connectivity index (χ0v) is 13.2. The van der Waals surface area contributed by atoms with Crippen LogP contribution in [0.4, 0.5) is 10.1 Å². The van der Waals surface area contributed by atoms with Crippen LogP contribution in [0.15, 0.2) is 22.2 Å². The van der Waals surface area contributed by atoms with Gasteiger partial charge >= 0.3 is 0 Å². The molecule has 20 heavy (non-hydrogen) atoms. The molecule has 5 heteroatoms. The van der Waals surface area contributed by atoms with Gasteiger partial charge in [0.15, 0.2) is 0 Å². The van der Waals surface area contributed by atoms with Crippen molar-refractivity contribution in [2.45, 2.75) is 46.6 Å². The second kappa shape index (κ2) is 5.52. The van der Waals surface area contributed by atoms with E-state index in [1.54, 1.807) is 5.01 Å². The molecule has 0 aromatic heterocycles. The third-order valence-electron chi connectivity index (χ3n) is 3.29. The summed E-state index contributed by atoms with van der Waals surface area (Å²) >= 11 is 6.15. The molecule has 1 aliphatic rings. The topological polar surface area (TPSA) is 28.0 Å². The predicted molar refractivity (Wildman–Crippen MR) is 82.5 cm³/mol. The van der Waals surface area contributed by atoms with Crippen molar-refractivity contribution in [3.8, 4) is 0 Å². The van der Waals surface area contributed by atoms with Gasteiger partial charge in [0, 0.05) is 17.3 Å². The standard InChI is InChI=1S/C15H19ClFN3/c1-8(2)11-6-12-10(5)20(19-9(3)4)15(16)18-14(12)7-13(11)17/h6-8,10H,1-5H3. The fourth-order valence-corrected chi connectivity index (χ4v) is 2.53. The summed E-state index contributed by atoms with van der Waals surface area (Å²) in [6.07, 6.45) is 0. The monoisotopic (exact) mass is 295 g/mol. The molecule has 1 aliphatic heterocycles. The van der Waals surface area contributed by atoms with Crippen LogP contribution in [0.1, 0.15) is 57.7 Å². The van der Waals surface area contributed by atoms with E-state index >= 15 is 0 Å². The number of hydrogen-bond acceptors (Lipinski definition) is 3. The van der Waals surface area contributed by atoms with Gasteiger partial charge in [-0.3, -0.25) is 0 Å². The van der Waals surface area contributed by atoms with Crippen molar-refractivity contribution in [3.05, 3.63) is 29.1 Å². The van der Waals surface area contributed by atoms with Crippen molar-refractivity contribution >= 4 is 28.3 Å². The van der Waals surface area contributed by atoms with Gasteiger partial charge in [0.25, 0.3) is 0 Å². The van der Waals surface area contributed by atoms with E-state index in [-0.39, 0.29) is 23.1 Å². The Hall–Kier alpha value is -1.42. The van der Waals surface area contributed by atoms with Crippen molar-refractivity contribution in [2.75, 3.05) is 0 Å². The van der Waals surface area contributed by atoms with E-state index in [0.29, 0.717) is 11.3 Å². The molecule has 1 atom stereocenters. The van der Waals surface area contributed by atoms with Crippen LogP contribution in [-0.2, 0) is 0 Å². The van der Waals surface area contributed by atoms with Gasteiger partial charge in [-0.2, -0.15) is 5.10 Å². The lowest BCUT2D eigenvalue weighted by molar-refractivity contribution is 0.354. The molecule has 0 aliphatic carbocycles. The maximum absolute atomic E-state index is 14.0. The third kappa shape index (κ3) is 2.70. The third-order valence-corrected chi connectivity index (χ3v) is 3.55. The summed E-state index contributed by atoms with van der Waals surface area (Å²) < 4.78 is 14.0. The maximum atomic E-state index is 14.0. The number of hydrogen-bond donors (Lipinski definition) is 0. The van der Waals surface area contributed by atoms with Gasteiger partial charge in [-0.05, 0) is 49.9 Å². The van der Waals surface area contributed by atoms with Gasteiger partial charge in [-0.1, -0.05) is 13.8 Å². The molecule has 1 aromatic carbocycles. The smallest absolute Gasteiger partial charge is 0.220 e. The van der Waals surface area contributed by atoms with Gasteiger partial charge in [0.1, 0.15) is 5.82 Å². The number of aliphatic imine (C=N–C) groups is 1. The van der Waals surface area contributed by atoms with Crippen molar-refractivity contribution in [1.82, 2.24) is 5.01 Å². The molecule has 2 rings (SSSR count).